The highest BCUT2D eigenvalue weighted by atomic mass is 16.5. The molecule has 176 valence electrons. The minimum absolute atomic E-state index is 0.00452. The molecule has 1 unspecified atom stereocenters. The highest BCUT2D eigenvalue weighted by Gasteiger charge is 2.38. The summed E-state index contributed by atoms with van der Waals surface area (Å²) in [5, 5.41) is 10.8. The molecular weight excluding hydrogens is 414 g/mol. The summed E-state index contributed by atoms with van der Waals surface area (Å²) in [7, 11) is 0. The van der Waals surface area contributed by atoms with Gasteiger partial charge >= 0.3 is 0 Å². The van der Waals surface area contributed by atoms with E-state index in [9.17, 15) is 9.90 Å². The predicted molar refractivity (Wildman–Crippen MR) is 131 cm³/mol. The van der Waals surface area contributed by atoms with Gasteiger partial charge in [-0.2, -0.15) is 0 Å². The van der Waals surface area contributed by atoms with E-state index in [0.717, 1.165) is 48.4 Å². The van der Waals surface area contributed by atoms with Crippen LogP contribution in [0, 0.1) is 13.8 Å². The molecule has 2 heterocycles. The Kier molecular flexibility index (Phi) is 5.83. The molecule has 1 saturated heterocycles. The first-order valence-corrected chi connectivity index (χ1v) is 12.2. The molecule has 5 rings (SSSR count). The highest BCUT2D eigenvalue weighted by Crippen LogP contribution is 2.40. The zero-order valence-electron chi connectivity index (χ0n) is 20.0. The molecule has 2 aromatic carbocycles. The second kappa shape index (κ2) is 8.65. The lowest BCUT2D eigenvalue weighted by Crippen LogP contribution is -2.48. The van der Waals surface area contributed by atoms with Crippen LogP contribution in [0.5, 0.6) is 5.75 Å². The molecule has 1 atom stereocenters. The lowest BCUT2D eigenvalue weighted by molar-refractivity contribution is -0.0127. The molecule has 1 aliphatic carbocycles. The van der Waals surface area contributed by atoms with E-state index < -0.39 is 5.60 Å². The van der Waals surface area contributed by atoms with Crippen LogP contribution in [0.15, 0.2) is 36.4 Å². The van der Waals surface area contributed by atoms with Gasteiger partial charge in [0, 0.05) is 18.3 Å². The van der Waals surface area contributed by atoms with Crippen molar-refractivity contribution < 1.29 is 14.6 Å². The summed E-state index contributed by atoms with van der Waals surface area (Å²) >= 11 is 0. The number of hydrogen-bond acceptors (Lipinski definition) is 5. The van der Waals surface area contributed by atoms with Crippen molar-refractivity contribution in [3.8, 4) is 5.75 Å². The standard InChI is InChI=1S/C27H35N3O3/c1-19-6-7-20(2)25(14-19)30-18-29(21-8-9-21)24-11-10-22(15-23(24)26(30)31)33-17-27(3,32)16-28-12-4-5-13-28/h6-7,10-11,14-15,21,32H,4-5,8-9,12-13,16-18H2,1-3H3. The Morgan fingerprint density at radius 1 is 1.06 bits per heavy atom. The SMILES string of the molecule is Cc1ccc(C)c(N2CN(C3CC3)c3ccc(OCC(C)(O)CN4CCCC4)cc3C2=O)c1. The largest absolute Gasteiger partial charge is 0.491 e. The molecule has 0 bridgehead atoms. The number of amides is 1. The number of carbonyl (C=O) groups is 1. The number of β-amino-alcohol motifs (C(OH)–C–C–N with tert-alkyl or cyclic N) is 1. The molecule has 3 aliphatic rings. The third kappa shape index (κ3) is 4.73. The second-order valence-corrected chi connectivity index (χ2v) is 10.3. The smallest absolute Gasteiger partial charge is 0.262 e. The Bertz CT molecular complexity index is 1040. The molecule has 33 heavy (non-hydrogen) atoms. The number of nitrogens with zero attached hydrogens (tertiary/aromatic N) is 3. The summed E-state index contributed by atoms with van der Waals surface area (Å²) in [6.07, 6.45) is 4.70. The van der Waals surface area contributed by atoms with Crippen molar-refractivity contribution in [2.75, 3.05) is 42.7 Å². The molecule has 0 aromatic heterocycles. The molecule has 1 saturated carbocycles. The summed E-state index contributed by atoms with van der Waals surface area (Å²) in [5.41, 5.74) is 3.93. The number of likely N-dealkylation sites (tertiary alicyclic amines) is 1. The van der Waals surface area contributed by atoms with E-state index >= 15 is 0 Å². The second-order valence-electron chi connectivity index (χ2n) is 10.3. The van der Waals surface area contributed by atoms with Crippen molar-refractivity contribution in [2.45, 2.75) is 58.1 Å². The number of anilines is 2. The number of benzene rings is 2. The van der Waals surface area contributed by atoms with Crippen molar-refractivity contribution in [1.82, 2.24) is 4.90 Å². The quantitative estimate of drug-likeness (QED) is 0.689. The fourth-order valence-corrected chi connectivity index (χ4v) is 5.07. The fourth-order valence-electron chi connectivity index (χ4n) is 5.07. The summed E-state index contributed by atoms with van der Waals surface area (Å²) < 4.78 is 6.02. The van der Waals surface area contributed by atoms with Gasteiger partial charge in [0.1, 0.15) is 18.0 Å². The monoisotopic (exact) mass is 449 g/mol. The van der Waals surface area contributed by atoms with E-state index in [-0.39, 0.29) is 12.5 Å². The van der Waals surface area contributed by atoms with Crippen LogP contribution in [-0.2, 0) is 0 Å². The van der Waals surface area contributed by atoms with Gasteiger partial charge in [0.2, 0.25) is 0 Å². The van der Waals surface area contributed by atoms with Gasteiger partial charge in [0.05, 0.1) is 17.9 Å². The van der Waals surface area contributed by atoms with Crippen LogP contribution >= 0.6 is 0 Å². The lowest BCUT2D eigenvalue weighted by atomic mass is 10.0. The number of carbonyl (C=O) groups excluding carboxylic acids is 1. The number of rotatable bonds is 7. The summed E-state index contributed by atoms with van der Waals surface area (Å²) in [5.74, 6) is 0.632. The number of fused-ring (bicyclic) bond motifs is 1. The van der Waals surface area contributed by atoms with Crippen LogP contribution in [0.3, 0.4) is 0 Å². The topological polar surface area (TPSA) is 56.2 Å². The minimum atomic E-state index is -0.936. The molecule has 6 heteroatoms. The van der Waals surface area contributed by atoms with E-state index in [4.69, 9.17) is 4.74 Å². The molecule has 2 fully saturated rings. The van der Waals surface area contributed by atoms with E-state index in [0.29, 0.717) is 30.6 Å². The molecule has 6 nitrogen and oxygen atoms in total. The first-order chi connectivity index (χ1) is 15.8. The molecule has 2 aliphatic heterocycles. The van der Waals surface area contributed by atoms with Crippen LogP contribution in [0.2, 0.25) is 0 Å². The van der Waals surface area contributed by atoms with Gasteiger partial charge in [-0.25, -0.2) is 0 Å². The zero-order chi connectivity index (χ0) is 23.2. The Morgan fingerprint density at radius 2 is 1.82 bits per heavy atom. The van der Waals surface area contributed by atoms with Crippen molar-refractivity contribution >= 4 is 17.3 Å². The van der Waals surface area contributed by atoms with Gasteiger partial charge < -0.3 is 19.6 Å². The van der Waals surface area contributed by atoms with E-state index in [2.05, 4.69) is 41.8 Å². The number of aliphatic hydroxyl groups is 1. The Balaban J connectivity index is 1.39. The third-order valence-electron chi connectivity index (χ3n) is 7.00. The summed E-state index contributed by atoms with van der Waals surface area (Å²) in [6, 6.07) is 12.5. The van der Waals surface area contributed by atoms with Crippen LogP contribution in [0.4, 0.5) is 11.4 Å². The average molecular weight is 450 g/mol. The van der Waals surface area contributed by atoms with Crippen molar-refractivity contribution in [3.63, 3.8) is 0 Å². The zero-order valence-corrected chi connectivity index (χ0v) is 20.0. The molecule has 2 aromatic rings. The van der Waals surface area contributed by atoms with Crippen LogP contribution in [-0.4, -0.2) is 60.5 Å². The minimum Gasteiger partial charge on any atom is -0.491 e. The summed E-state index contributed by atoms with van der Waals surface area (Å²) in [6.45, 7) is 9.39. The molecule has 0 radical (unpaired) electrons. The van der Waals surface area contributed by atoms with Crippen LogP contribution in [0.25, 0.3) is 0 Å². The normalized spacial score (nSPS) is 20.7. The maximum atomic E-state index is 13.6. The maximum Gasteiger partial charge on any atom is 0.262 e. The third-order valence-corrected chi connectivity index (χ3v) is 7.00. The number of ether oxygens (including phenoxy) is 1. The van der Waals surface area contributed by atoms with Crippen molar-refractivity contribution in [1.29, 1.82) is 0 Å². The van der Waals surface area contributed by atoms with Gasteiger partial charge in [0.15, 0.2) is 0 Å². The van der Waals surface area contributed by atoms with Gasteiger partial charge in [-0.15, -0.1) is 0 Å². The average Bonchev–Trinajstić information content (AvgIpc) is 3.51. The van der Waals surface area contributed by atoms with Crippen molar-refractivity contribution in [3.05, 3.63) is 53.1 Å². The lowest BCUT2D eigenvalue weighted by Gasteiger charge is -2.39. The first kappa shape index (κ1) is 22.2. The molecule has 1 N–H and O–H groups in total. The Morgan fingerprint density at radius 3 is 2.55 bits per heavy atom. The maximum absolute atomic E-state index is 13.6. The van der Waals surface area contributed by atoms with Gasteiger partial charge in [-0.1, -0.05) is 12.1 Å². The van der Waals surface area contributed by atoms with Crippen molar-refractivity contribution in [2.24, 2.45) is 0 Å². The fraction of sp³-hybridized carbons (Fsp3) is 0.519. The number of hydrogen-bond donors (Lipinski definition) is 1. The molecule has 0 spiro atoms. The summed E-state index contributed by atoms with van der Waals surface area (Å²) in [4.78, 5) is 20.2. The first-order valence-electron chi connectivity index (χ1n) is 12.2. The van der Waals surface area contributed by atoms with E-state index in [1.807, 2.05) is 30.0 Å². The van der Waals surface area contributed by atoms with Gasteiger partial charge in [0.25, 0.3) is 5.91 Å². The highest BCUT2D eigenvalue weighted by molar-refractivity contribution is 6.12. The Hall–Kier alpha value is -2.57. The molecule has 1 amide bonds. The van der Waals surface area contributed by atoms with Crippen LogP contribution < -0.4 is 14.5 Å². The van der Waals surface area contributed by atoms with Crippen LogP contribution in [0.1, 0.15) is 54.1 Å². The van der Waals surface area contributed by atoms with Gasteiger partial charge in [-0.05, 0) is 94.9 Å². The molecular formula is C27H35N3O3. The van der Waals surface area contributed by atoms with Gasteiger partial charge in [-0.3, -0.25) is 9.69 Å². The number of aryl methyl sites for hydroxylation is 2. The predicted octanol–water partition coefficient (Wildman–Crippen LogP) is 4.12. The van der Waals surface area contributed by atoms with E-state index in [1.165, 1.54) is 12.8 Å². The Labute approximate surface area is 196 Å². The van der Waals surface area contributed by atoms with E-state index in [1.54, 1.807) is 0 Å².